The Morgan fingerprint density at radius 2 is 1.91 bits per heavy atom. The number of fused-ring (bicyclic) bond motifs is 1. The van der Waals surface area contributed by atoms with Crippen molar-refractivity contribution < 1.29 is 22.7 Å². The number of carbonyl (C=O) groups excluding carboxylic acids is 1. The largest absolute Gasteiger partial charge is 0.484 e. The molecule has 0 radical (unpaired) electrons. The van der Waals surface area contributed by atoms with E-state index in [1.807, 2.05) is 0 Å². The van der Waals surface area contributed by atoms with Crippen LogP contribution in [0.2, 0.25) is 0 Å². The minimum Gasteiger partial charge on any atom is -0.484 e. The summed E-state index contributed by atoms with van der Waals surface area (Å²) in [7, 11) is 0. The van der Waals surface area contributed by atoms with Crippen LogP contribution in [-0.2, 0) is 11.3 Å². The smallest absolute Gasteiger partial charge is 0.422 e. The normalized spacial score (nSPS) is 13.7. The van der Waals surface area contributed by atoms with Crippen molar-refractivity contribution in [3.05, 3.63) is 66.6 Å². The minimum absolute atomic E-state index is 0.00464. The summed E-state index contributed by atoms with van der Waals surface area (Å²) in [6.07, 6.45) is 2.41. The molecule has 3 aromatic heterocycles. The molecule has 0 spiro atoms. The van der Waals surface area contributed by atoms with Gasteiger partial charge < -0.3 is 10.1 Å². The zero-order valence-corrected chi connectivity index (χ0v) is 17.9. The Balaban J connectivity index is 1.43. The molecule has 1 fully saturated rings. The van der Waals surface area contributed by atoms with Crippen LogP contribution >= 0.6 is 0 Å². The summed E-state index contributed by atoms with van der Waals surface area (Å²) in [6, 6.07) is 11.7. The Morgan fingerprint density at radius 1 is 1.12 bits per heavy atom. The second-order valence-corrected chi connectivity index (χ2v) is 8.14. The average Bonchev–Trinajstić information content (AvgIpc) is 3.60. The highest BCUT2D eigenvalue weighted by Crippen LogP contribution is 2.32. The monoisotopic (exact) mass is 467 g/mol. The van der Waals surface area contributed by atoms with E-state index in [0.29, 0.717) is 17.9 Å². The van der Waals surface area contributed by atoms with Gasteiger partial charge in [0.25, 0.3) is 0 Å². The minimum atomic E-state index is -4.39. The van der Waals surface area contributed by atoms with Gasteiger partial charge in [-0.2, -0.15) is 18.3 Å². The van der Waals surface area contributed by atoms with E-state index in [-0.39, 0.29) is 17.6 Å². The van der Waals surface area contributed by atoms with E-state index in [4.69, 9.17) is 4.74 Å². The van der Waals surface area contributed by atoms with Gasteiger partial charge in [0.15, 0.2) is 6.61 Å². The van der Waals surface area contributed by atoms with Crippen molar-refractivity contribution in [2.45, 2.75) is 25.6 Å². The molecular weight excluding hydrogens is 447 g/mol. The maximum Gasteiger partial charge on any atom is 0.422 e. The van der Waals surface area contributed by atoms with Crippen LogP contribution < -0.4 is 10.1 Å². The lowest BCUT2D eigenvalue weighted by molar-refractivity contribution is -0.153. The predicted molar refractivity (Wildman–Crippen MR) is 119 cm³/mol. The van der Waals surface area contributed by atoms with E-state index in [0.717, 1.165) is 35.0 Å². The molecule has 1 aliphatic rings. The van der Waals surface area contributed by atoms with Gasteiger partial charge in [-0.1, -0.05) is 12.1 Å². The second-order valence-electron chi connectivity index (χ2n) is 8.14. The zero-order valence-electron chi connectivity index (χ0n) is 17.9. The molecule has 34 heavy (non-hydrogen) atoms. The van der Waals surface area contributed by atoms with E-state index >= 15 is 0 Å². The number of amides is 1. The Labute approximate surface area is 192 Å². The predicted octanol–water partition coefficient (Wildman–Crippen LogP) is 4.83. The summed E-state index contributed by atoms with van der Waals surface area (Å²) in [5.74, 6) is 0.220. The lowest BCUT2D eigenvalue weighted by Gasteiger charge is -2.11. The quantitative estimate of drug-likeness (QED) is 0.421. The first-order chi connectivity index (χ1) is 16.4. The third-order valence-corrected chi connectivity index (χ3v) is 5.42. The molecule has 174 valence electrons. The van der Waals surface area contributed by atoms with E-state index in [1.165, 1.54) is 12.1 Å². The van der Waals surface area contributed by atoms with E-state index < -0.39 is 12.8 Å². The number of pyridine rings is 2. The van der Waals surface area contributed by atoms with Crippen molar-refractivity contribution in [2.75, 3.05) is 11.9 Å². The van der Waals surface area contributed by atoms with Gasteiger partial charge in [-0.25, -0.2) is 0 Å². The molecule has 0 atom stereocenters. The molecule has 0 bridgehead atoms. The summed E-state index contributed by atoms with van der Waals surface area (Å²) in [4.78, 5) is 20.9. The fourth-order valence-electron chi connectivity index (χ4n) is 3.62. The highest BCUT2D eigenvalue weighted by molar-refractivity contribution is 5.96. The average molecular weight is 467 g/mol. The molecule has 10 heteroatoms. The number of rotatable bonds is 7. The molecule has 1 aromatic carbocycles. The maximum absolute atomic E-state index is 12.4. The third kappa shape index (κ3) is 5.00. The Hall–Kier alpha value is -3.95. The number of ether oxygens (including phenoxy) is 1. The van der Waals surface area contributed by atoms with Crippen LogP contribution in [0.15, 0.2) is 61.1 Å². The number of hydrogen-bond acceptors (Lipinski definition) is 5. The third-order valence-electron chi connectivity index (χ3n) is 5.42. The molecular formula is C24H20F3N5O2. The first-order valence-corrected chi connectivity index (χ1v) is 10.7. The Bertz CT molecular complexity index is 1330. The van der Waals surface area contributed by atoms with Crippen LogP contribution in [-0.4, -0.2) is 38.4 Å². The van der Waals surface area contributed by atoms with Crippen LogP contribution in [0.1, 0.15) is 18.4 Å². The van der Waals surface area contributed by atoms with Crippen LogP contribution in [0.4, 0.5) is 18.9 Å². The molecule has 3 heterocycles. The van der Waals surface area contributed by atoms with Gasteiger partial charge >= 0.3 is 6.18 Å². The van der Waals surface area contributed by atoms with Gasteiger partial charge in [-0.05, 0) is 48.7 Å². The molecule has 1 aliphatic carbocycles. The second kappa shape index (κ2) is 8.77. The number of nitrogens with zero attached hydrogens (tertiary/aromatic N) is 4. The molecule has 0 aliphatic heterocycles. The lowest BCUT2D eigenvalue weighted by Crippen LogP contribution is -2.19. The van der Waals surface area contributed by atoms with Crippen LogP contribution in [0.5, 0.6) is 5.75 Å². The number of alkyl halides is 3. The number of nitrogens with one attached hydrogen (secondary N) is 1. The fraction of sp³-hybridized carbons (Fsp3) is 0.250. The molecule has 4 aromatic rings. The summed E-state index contributed by atoms with van der Waals surface area (Å²) < 4.78 is 43.7. The molecule has 1 N–H and O–H groups in total. The fourth-order valence-corrected chi connectivity index (χ4v) is 3.62. The number of anilines is 1. The summed E-state index contributed by atoms with van der Waals surface area (Å²) in [5, 5.41) is 8.40. The van der Waals surface area contributed by atoms with E-state index in [9.17, 15) is 18.0 Å². The summed E-state index contributed by atoms with van der Waals surface area (Å²) in [6.45, 7) is -0.989. The standard InChI is InChI=1S/C24H20F3N5O2/c25-24(26,27)14-34-18-5-1-15(2-6-18)13-32-22(19-12-28-9-8-20(19)31-32)21-11-17(7-10-29-21)30-23(33)16-3-4-16/h1-2,5-12,16H,3-4,13-14H2,(H,29,30,33). The highest BCUT2D eigenvalue weighted by atomic mass is 19.4. The van der Waals surface area contributed by atoms with Gasteiger partial charge in [-0.15, -0.1) is 0 Å². The Kier molecular flexibility index (Phi) is 5.64. The van der Waals surface area contributed by atoms with Gasteiger partial charge in [-0.3, -0.25) is 19.4 Å². The van der Waals surface area contributed by atoms with Crippen molar-refractivity contribution in [1.82, 2.24) is 19.7 Å². The maximum atomic E-state index is 12.4. The first-order valence-electron chi connectivity index (χ1n) is 10.7. The van der Waals surface area contributed by atoms with Gasteiger partial charge in [0.2, 0.25) is 5.91 Å². The molecule has 1 amide bonds. The molecule has 0 saturated heterocycles. The van der Waals surface area contributed by atoms with Crippen molar-refractivity contribution in [2.24, 2.45) is 5.92 Å². The number of hydrogen-bond donors (Lipinski definition) is 1. The van der Waals surface area contributed by atoms with Crippen molar-refractivity contribution in [3.8, 4) is 17.1 Å². The Morgan fingerprint density at radius 3 is 2.65 bits per heavy atom. The topological polar surface area (TPSA) is 81.9 Å². The number of aromatic nitrogens is 4. The summed E-state index contributed by atoms with van der Waals surface area (Å²) >= 11 is 0. The first kappa shape index (κ1) is 21.9. The highest BCUT2D eigenvalue weighted by Gasteiger charge is 2.30. The van der Waals surface area contributed by atoms with E-state index in [2.05, 4.69) is 20.4 Å². The number of carbonyl (C=O) groups is 1. The van der Waals surface area contributed by atoms with Crippen molar-refractivity contribution >= 4 is 22.5 Å². The van der Waals surface area contributed by atoms with Gasteiger partial charge in [0.1, 0.15) is 5.75 Å². The van der Waals surface area contributed by atoms with Crippen molar-refractivity contribution in [3.63, 3.8) is 0 Å². The van der Waals surface area contributed by atoms with E-state index in [1.54, 1.807) is 53.6 Å². The number of halogens is 3. The lowest BCUT2D eigenvalue weighted by atomic mass is 10.1. The number of benzene rings is 1. The van der Waals surface area contributed by atoms with Crippen molar-refractivity contribution in [1.29, 1.82) is 0 Å². The molecule has 7 nitrogen and oxygen atoms in total. The summed E-state index contributed by atoms with van der Waals surface area (Å²) in [5.41, 5.74) is 3.54. The van der Waals surface area contributed by atoms with Gasteiger partial charge in [0.05, 0.1) is 23.4 Å². The van der Waals surface area contributed by atoms with Crippen LogP contribution in [0, 0.1) is 5.92 Å². The SMILES string of the molecule is O=C(Nc1ccnc(-c2c3cnccc3nn2Cc2ccc(OCC(F)(F)F)cc2)c1)C1CC1. The van der Waals surface area contributed by atoms with Crippen LogP contribution in [0.25, 0.3) is 22.3 Å². The molecule has 0 unspecified atom stereocenters. The zero-order chi connectivity index (χ0) is 23.7. The van der Waals surface area contributed by atoms with Crippen LogP contribution in [0.3, 0.4) is 0 Å². The molecule has 1 saturated carbocycles. The molecule has 5 rings (SSSR count). The van der Waals surface area contributed by atoms with Gasteiger partial charge in [0, 0.05) is 35.6 Å².